The number of amidine groups is 1. The first-order chi connectivity index (χ1) is 14.5. The lowest BCUT2D eigenvalue weighted by Gasteiger charge is -2.28. The number of amides is 2. The number of rotatable bonds is 6. The highest BCUT2D eigenvalue weighted by Crippen LogP contribution is 2.28. The summed E-state index contributed by atoms with van der Waals surface area (Å²) in [5.41, 5.74) is 2.13. The van der Waals surface area contributed by atoms with E-state index in [0.717, 1.165) is 12.0 Å². The van der Waals surface area contributed by atoms with Crippen LogP contribution in [0.1, 0.15) is 22.3 Å². The normalized spacial score (nSPS) is 17.7. The Kier molecular flexibility index (Phi) is 7.24. The van der Waals surface area contributed by atoms with Crippen LogP contribution in [0.2, 0.25) is 0 Å². The second-order valence-electron chi connectivity index (χ2n) is 6.72. The minimum Gasteiger partial charge on any atom is -0.465 e. The maximum Gasteiger partial charge on any atom is 0.337 e. The molecule has 156 valence electrons. The van der Waals surface area contributed by atoms with Gasteiger partial charge in [0.25, 0.3) is 0 Å². The fraction of sp³-hybridized carbons (Fsp3) is 0.273. The molecular weight excluding hydrogens is 402 g/mol. The molecule has 30 heavy (non-hydrogen) atoms. The number of nitrogens with zero attached hydrogens (tertiary/aromatic N) is 2. The number of carbonyl (C=O) groups is 3. The topological polar surface area (TPSA) is 88.1 Å². The molecule has 1 atom stereocenters. The Hall–Kier alpha value is -3.13. The quantitative estimate of drug-likeness (QED) is 0.719. The van der Waals surface area contributed by atoms with Crippen LogP contribution in [-0.2, 0) is 20.7 Å². The maximum atomic E-state index is 12.6. The van der Waals surface area contributed by atoms with Crippen molar-refractivity contribution in [2.24, 2.45) is 4.99 Å². The van der Waals surface area contributed by atoms with E-state index in [-0.39, 0.29) is 18.2 Å². The Morgan fingerprint density at radius 1 is 1.17 bits per heavy atom. The van der Waals surface area contributed by atoms with Gasteiger partial charge in [-0.15, -0.1) is 0 Å². The third-order valence-electron chi connectivity index (χ3n) is 4.63. The second-order valence-corrected chi connectivity index (χ2v) is 7.89. The van der Waals surface area contributed by atoms with Crippen LogP contribution in [0.4, 0.5) is 5.69 Å². The van der Waals surface area contributed by atoms with E-state index < -0.39 is 11.2 Å². The number of methoxy groups -OCH3 is 1. The molecule has 2 aromatic carbocycles. The summed E-state index contributed by atoms with van der Waals surface area (Å²) in [5, 5.41) is 2.82. The van der Waals surface area contributed by atoms with Crippen molar-refractivity contribution < 1.29 is 19.1 Å². The van der Waals surface area contributed by atoms with E-state index in [1.54, 1.807) is 31.3 Å². The van der Waals surface area contributed by atoms with Gasteiger partial charge in [-0.25, -0.2) is 9.79 Å². The van der Waals surface area contributed by atoms with E-state index in [0.29, 0.717) is 23.0 Å². The lowest BCUT2D eigenvalue weighted by atomic mass is 10.1. The molecule has 0 unspecified atom stereocenters. The van der Waals surface area contributed by atoms with Gasteiger partial charge in [-0.3, -0.25) is 14.5 Å². The van der Waals surface area contributed by atoms with Crippen LogP contribution in [-0.4, -0.2) is 53.8 Å². The number of ether oxygens (including phenoxy) is 1. The summed E-state index contributed by atoms with van der Waals surface area (Å²) >= 11 is 1.26. The van der Waals surface area contributed by atoms with E-state index in [4.69, 9.17) is 0 Å². The summed E-state index contributed by atoms with van der Waals surface area (Å²) in [6.45, 7) is 0.505. The SMILES string of the molecule is COC(=O)c1ccc(N=C2S[C@@H](C(=O)NCCc3ccccc3)CC(=O)N2C)cc1. The van der Waals surface area contributed by atoms with Crippen LogP contribution >= 0.6 is 11.8 Å². The van der Waals surface area contributed by atoms with Gasteiger partial charge in [-0.2, -0.15) is 0 Å². The summed E-state index contributed by atoms with van der Waals surface area (Å²) in [5.74, 6) is -0.770. The smallest absolute Gasteiger partial charge is 0.337 e. The molecule has 0 spiro atoms. The number of thioether (sulfide) groups is 1. The van der Waals surface area contributed by atoms with E-state index in [1.807, 2.05) is 30.3 Å². The van der Waals surface area contributed by atoms with Crippen LogP contribution in [0.3, 0.4) is 0 Å². The average molecular weight is 426 g/mol. The molecule has 3 rings (SSSR count). The number of esters is 1. The molecule has 2 aromatic rings. The minimum absolute atomic E-state index is 0.124. The first kappa shape index (κ1) is 21.6. The van der Waals surface area contributed by atoms with Crippen LogP contribution in [0.25, 0.3) is 0 Å². The lowest BCUT2D eigenvalue weighted by molar-refractivity contribution is -0.129. The highest BCUT2D eigenvalue weighted by molar-refractivity contribution is 8.15. The lowest BCUT2D eigenvalue weighted by Crippen LogP contribution is -2.45. The van der Waals surface area contributed by atoms with E-state index in [2.05, 4.69) is 15.0 Å². The summed E-state index contributed by atoms with van der Waals surface area (Å²) in [7, 11) is 2.96. The summed E-state index contributed by atoms with van der Waals surface area (Å²) in [6.07, 6.45) is 0.851. The van der Waals surface area contributed by atoms with Crippen molar-refractivity contribution in [3.63, 3.8) is 0 Å². The Labute approximate surface area is 179 Å². The minimum atomic E-state index is -0.530. The Bertz CT molecular complexity index is 945. The van der Waals surface area contributed by atoms with Gasteiger partial charge in [-0.1, -0.05) is 42.1 Å². The highest BCUT2D eigenvalue weighted by atomic mass is 32.2. The summed E-state index contributed by atoms with van der Waals surface area (Å²) < 4.78 is 4.68. The predicted molar refractivity (Wildman–Crippen MR) is 117 cm³/mol. The van der Waals surface area contributed by atoms with Gasteiger partial charge in [0.2, 0.25) is 11.8 Å². The van der Waals surface area contributed by atoms with Crippen molar-refractivity contribution in [3.8, 4) is 0 Å². The number of benzene rings is 2. The number of hydrogen-bond donors (Lipinski definition) is 1. The third kappa shape index (κ3) is 5.48. The van der Waals surface area contributed by atoms with Crippen molar-refractivity contribution >= 4 is 40.4 Å². The average Bonchev–Trinajstić information content (AvgIpc) is 2.77. The van der Waals surface area contributed by atoms with Crippen molar-refractivity contribution in [2.75, 3.05) is 20.7 Å². The van der Waals surface area contributed by atoms with Crippen LogP contribution < -0.4 is 5.32 Å². The van der Waals surface area contributed by atoms with Crippen molar-refractivity contribution in [3.05, 3.63) is 65.7 Å². The molecule has 1 fully saturated rings. The second kappa shape index (κ2) is 10.1. The zero-order valence-electron chi connectivity index (χ0n) is 16.8. The fourth-order valence-electron chi connectivity index (χ4n) is 2.89. The van der Waals surface area contributed by atoms with E-state index in [1.165, 1.54) is 23.8 Å². The van der Waals surface area contributed by atoms with Gasteiger partial charge in [0, 0.05) is 20.0 Å². The molecule has 0 aromatic heterocycles. The van der Waals surface area contributed by atoms with Crippen LogP contribution in [0.15, 0.2) is 59.6 Å². The predicted octanol–water partition coefficient (Wildman–Crippen LogP) is 2.78. The molecule has 7 nitrogen and oxygen atoms in total. The largest absolute Gasteiger partial charge is 0.465 e. The zero-order chi connectivity index (χ0) is 21.5. The first-order valence-electron chi connectivity index (χ1n) is 9.50. The summed E-state index contributed by atoms with van der Waals surface area (Å²) in [4.78, 5) is 42.4. The molecule has 1 aliphatic rings. The van der Waals surface area contributed by atoms with Gasteiger partial charge < -0.3 is 10.1 Å². The zero-order valence-corrected chi connectivity index (χ0v) is 17.6. The van der Waals surface area contributed by atoms with Gasteiger partial charge in [0.15, 0.2) is 5.17 Å². The molecule has 1 saturated heterocycles. The van der Waals surface area contributed by atoms with E-state index >= 15 is 0 Å². The molecule has 1 aliphatic heterocycles. The molecule has 0 bridgehead atoms. The standard InChI is InChI=1S/C22H23N3O4S/c1-25-19(26)14-18(20(27)23-13-12-15-6-4-3-5-7-15)30-22(25)24-17-10-8-16(9-11-17)21(28)29-2/h3-11,18H,12-14H2,1-2H3,(H,23,27)/t18-/m1/s1. The van der Waals surface area contributed by atoms with Crippen LogP contribution in [0, 0.1) is 0 Å². The third-order valence-corrected chi connectivity index (χ3v) is 5.87. The number of hydrogen-bond acceptors (Lipinski definition) is 6. The molecule has 0 radical (unpaired) electrons. The van der Waals surface area contributed by atoms with Gasteiger partial charge >= 0.3 is 5.97 Å². The Morgan fingerprint density at radius 3 is 2.53 bits per heavy atom. The molecule has 1 heterocycles. The number of carbonyl (C=O) groups excluding carboxylic acids is 3. The maximum absolute atomic E-state index is 12.6. The molecule has 2 amide bonds. The van der Waals surface area contributed by atoms with Crippen molar-refractivity contribution in [2.45, 2.75) is 18.1 Å². The number of aliphatic imine (C=N–C) groups is 1. The Morgan fingerprint density at radius 2 is 1.87 bits per heavy atom. The van der Waals surface area contributed by atoms with Gasteiger partial charge in [-0.05, 0) is 36.2 Å². The fourth-order valence-corrected chi connectivity index (χ4v) is 3.98. The van der Waals surface area contributed by atoms with E-state index in [9.17, 15) is 14.4 Å². The monoisotopic (exact) mass is 425 g/mol. The van der Waals surface area contributed by atoms with Gasteiger partial charge in [0.05, 0.1) is 23.6 Å². The van der Waals surface area contributed by atoms with Crippen LogP contribution in [0.5, 0.6) is 0 Å². The summed E-state index contributed by atoms with van der Waals surface area (Å²) in [6, 6.07) is 16.4. The molecule has 8 heteroatoms. The highest BCUT2D eigenvalue weighted by Gasteiger charge is 2.33. The van der Waals surface area contributed by atoms with Crippen molar-refractivity contribution in [1.82, 2.24) is 10.2 Å². The molecule has 1 N–H and O–H groups in total. The number of nitrogens with one attached hydrogen (secondary N) is 1. The first-order valence-corrected chi connectivity index (χ1v) is 10.4. The Balaban J connectivity index is 1.64. The van der Waals surface area contributed by atoms with Crippen molar-refractivity contribution in [1.29, 1.82) is 0 Å². The molecule has 0 saturated carbocycles. The van der Waals surface area contributed by atoms with Gasteiger partial charge in [0.1, 0.15) is 0 Å². The molecular formula is C22H23N3O4S. The molecule has 0 aliphatic carbocycles.